The first-order chi connectivity index (χ1) is 14.0. The van der Waals surface area contributed by atoms with Crippen molar-refractivity contribution in [1.82, 2.24) is 10.5 Å². The van der Waals surface area contributed by atoms with Crippen LogP contribution in [0, 0.1) is 0 Å². The van der Waals surface area contributed by atoms with Gasteiger partial charge in [-0.3, -0.25) is 4.84 Å². The van der Waals surface area contributed by atoms with Gasteiger partial charge in [-0.15, -0.1) is 0 Å². The number of hydrogen-bond donors (Lipinski definition) is 1. The van der Waals surface area contributed by atoms with Gasteiger partial charge < -0.3 is 9.47 Å². The molecule has 1 atom stereocenters. The van der Waals surface area contributed by atoms with Gasteiger partial charge in [0.1, 0.15) is 29.0 Å². The minimum Gasteiger partial charge on any atom is -0.457 e. The van der Waals surface area contributed by atoms with Gasteiger partial charge in [0.2, 0.25) is 5.88 Å². The van der Waals surface area contributed by atoms with Gasteiger partial charge in [-0.1, -0.05) is 30.3 Å². The Morgan fingerprint density at radius 1 is 0.828 bits per heavy atom. The molecule has 0 saturated heterocycles. The Morgan fingerprint density at radius 2 is 1.52 bits per heavy atom. The van der Waals surface area contributed by atoms with Crippen LogP contribution in [0.4, 0.5) is 13.2 Å². The average Bonchev–Trinajstić information content (AvgIpc) is 3.17. The third-order valence-corrected chi connectivity index (χ3v) is 4.03. The molecule has 5 nitrogen and oxygen atoms in total. The fraction of sp³-hybridized carbons (Fsp3) is 0.0952. The monoisotopic (exact) mass is 400 g/mol. The van der Waals surface area contributed by atoms with E-state index in [2.05, 4.69) is 10.5 Å². The first kappa shape index (κ1) is 18.8. The van der Waals surface area contributed by atoms with Crippen molar-refractivity contribution in [3.8, 4) is 17.2 Å². The molecule has 0 fully saturated rings. The molecule has 1 N–H and O–H groups in total. The highest BCUT2D eigenvalue weighted by atomic mass is 19.4. The van der Waals surface area contributed by atoms with E-state index in [0.29, 0.717) is 5.75 Å². The fourth-order valence-corrected chi connectivity index (χ4v) is 2.63. The zero-order chi connectivity index (χ0) is 20.3. The van der Waals surface area contributed by atoms with Gasteiger partial charge in [0, 0.05) is 6.08 Å². The number of halogens is 3. The number of ether oxygens (including phenoxy) is 2. The number of nitrogens with one attached hydrogen (secondary N) is 1. The molecule has 0 radical (unpaired) electrons. The first-order valence-corrected chi connectivity index (χ1v) is 8.65. The fourth-order valence-electron chi connectivity index (χ4n) is 2.63. The second-order valence-electron chi connectivity index (χ2n) is 6.13. The molecule has 0 saturated carbocycles. The van der Waals surface area contributed by atoms with E-state index in [1.807, 2.05) is 54.6 Å². The third-order valence-electron chi connectivity index (χ3n) is 4.03. The topological polar surface area (TPSA) is 52.6 Å². The molecule has 148 valence electrons. The molecule has 0 aliphatic carbocycles. The molecule has 0 spiro atoms. The zero-order valence-electron chi connectivity index (χ0n) is 14.9. The number of nitrogens with zero attached hydrogens (tertiary/aromatic N) is 1. The minimum absolute atomic E-state index is 0.160. The minimum atomic E-state index is -4.49. The van der Waals surface area contributed by atoms with Crippen molar-refractivity contribution in [3.63, 3.8) is 0 Å². The molecule has 1 aliphatic heterocycles. The van der Waals surface area contributed by atoms with Crippen LogP contribution in [-0.2, 0) is 11.0 Å². The Labute approximate surface area is 164 Å². The van der Waals surface area contributed by atoms with Crippen LogP contribution in [0.5, 0.6) is 17.2 Å². The van der Waals surface area contributed by atoms with Gasteiger partial charge in [-0.05, 0) is 42.0 Å². The van der Waals surface area contributed by atoms with Gasteiger partial charge in [0.25, 0.3) is 0 Å². The summed E-state index contributed by atoms with van der Waals surface area (Å²) in [5.41, 5.74) is 2.48. The van der Waals surface area contributed by atoms with Crippen molar-refractivity contribution >= 4 is 0 Å². The van der Waals surface area contributed by atoms with Crippen molar-refractivity contribution in [2.75, 3.05) is 0 Å². The summed E-state index contributed by atoms with van der Waals surface area (Å²) >= 11 is 0. The number of hydroxylamine groups is 1. The van der Waals surface area contributed by atoms with E-state index < -0.39 is 18.0 Å². The quantitative estimate of drug-likeness (QED) is 0.622. The van der Waals surface area contributed by atoms with E-state index in [1.165, 1.54) is 6.07 Å². The maximum atomic E-state index is 12.6. The molecular weight excluding hydrogens is 385 g/mol. The van der Waals surface area contributed by atoms with Crippen LogP contribution in [-0.4, -0.2) is 4.98 Å². The molecule has 1 unspecified atom stereocenters. The number of benzene rings is 2. The number of aromatic nitrogens is 1. The van der Waals surface area contributed by atoms with Crippen molar-refractivity contribution < 1.29 is 27.5 Å². The van der Waals surface area contributed by atoms with Crippen LogP contribution < -0.4 is 15.0 Å². The van der Waals surface area contributed by atoms with Crippen molar-refractivity contribution in [2.24, 2.45) is 0 Å². The Kier molecular flexibility index (Phi) is 5.09. The van der Waals surface area contributed by atoms with Gasteiger partial charge in [-0.25, -0.2) is 10.5 Å². The lowest BCUT2D eigenvalue weighted by molar-refractivity contribution is -0.141. The highest BCUT2D eigenvalue weighted by Crippen LogP contribution is 2.30. The molecule has 1 aromatic heterocycles. The number of pyridine rings is 1. The highest BCUT2D eigenvalue weighted by Gasteiger charge is 2.32. The van der Waals surface area contributed by atoms with Crippen LogP contribution in [0.2, 0.25) is 0 Å². The molecule has 8 heteroatoms. The van der Waals surface area contributed by atoms with E-state index in [9.17, 15) is 13.2 Å². The summed E-state index contributed by atoms with van der Waals surface area (Å²) in [6.45, 7) is 0. The molecule has 29 heavy (non-hydrogen) atoms. The van der Waals surface area contributed by atoms with E-state index in [1.54, 1.807) is 6.08 Å². The third kappa shape index (κ3) is 4.67. The van der Waals surface area contributed by atoms with Crippen LogP contribution >= 0.6 is 0 Å². The van der Waals surface area contributed by atoms with Gasteiger partial charge in [-0.2, -0.15) is 13.2 Å². The predicted molar refractivity (Wildman–Crippen MR) is 97.9 cm³/mol. The normalized spacial score (nSPS) is 16.1. The van der Waals surface area contributed by atoms with E-state index in [-0.39, 0.29) is 11.6 Å². The van der Waals surface area contributed by atoms with E-state index >= 15 is 0 Å². The highest BCUT2D eigenvalue weighted by molar-refractivity contribution is 5.35. The Hall–Kier alpha value is -3.52. The van der Waals surface area contributed by atoms with Crippen molar-refractivity contribution in [1.29, 1.82) is 0 Å². The largest absolute Gasteiger partial charge is 0.457 e. The molecule has 3 aromatic rings. The van der Waals surface area contributed by atoms with Crippen LogP contribution in [0.15, 0.2) is 84.9 Å². The standard InChI is InChI=1S/C21H15F3N2O3/c22-21(23,24)19-11-10-17(13-25-19)28-20-12-18(29-26-20)14-6-8-16(9-7-14)27-15-4-2-1-3-5-15/h1-13,18,26H. The van der Waals surface area contributed by atoms with Crippen molar-refractivity contribution in [3.05, 3.63) is 96.1 Å². The predicted octanol–water partition coefficient (Wildman–Crippen LogP) is 5.39. The Balaban J connectivity index is 1.39. The number of hydrogen-bond acceptors (Lipinski definition) is 5. The lowest BCUT2D eigenvalue weighted by atomic mass is 10.1. The van der Waals surface area contributed by atoms with E-state index in [4.69, 9.17) is 14.3 Å². The van der Waals surface area contributed by atoms with Crippen LogP contribution in [0.3, 0.4) is 0 Å². The Bertz CT molecular complexity index is 988. The molecule has 0 bridgehead atoms. The average molecular weight is 400 g/mol. The summed E-state index contributed by atoms with van der Waals surface area (Å²) in [6.07, 6.45) is -2.23. The summed E-state index contributed by atoms with van der Waals surface area (Å²) < 4.78 is 48.9. The summed E-state index contributed by atoms with van der Waals surface area (Å²) in [4.78, 5) is 8.80. The summed E-state index contributed by atoms with van der Waals surface area (Å²) in [5, 5.41) is 0. The molecular formula is C21H15F3N2O3. The molecule has 2 aromatic carbocycles. The second kappa shape index (κ2) is 7.84. The number of rotatable bonds is 5. The summed E-state index contributed by atoms with van der Waals surface area (Å²) in [7, 11) is 0. The number of para-hydroxylation sites is 1. The lowest BCUT2D eigenvalue weighted by Crippen LogP contribution is -2.13. The zero-order valence-corrected chi connectivity index (χ0v) is 14.9. The maximum Gasteiger partial charge on any atom is 0.433 e. The molecule has 4 rings (SSSR count). The van der Waals surface area contributed by atoms with E-state index in [0.717, 1.165) is 23.6 Å². The lowest BCUT2D eigenvalue weighted by Gasteiger charge is -2.09. The SMILES string of the molecule is FC(F)(F)c1ccc(OC2=CC(c3ccc(Oc4ccccc4)cc3)ON2)cn1. The van der Waals surface area contributed by atoms with Crippen LogP contribution in [0.25, 0.3) is 0 Å². The maximum absolute atomic E-state index is 12.6. The van der Waals surface area contributed by atoms with Crippen molar-refractivity contribution in [2.45, 2.75) is 12.3 Å². The summed E-state index contributed by atoms with van der Waals surface area (Å²) in [5.74, 6) is 1.84. The van der Waals surface area contributed by atoms with Gasteiger partial charge >= 0.3 is 6.18 Å². The summed E-state index contributed by atoms with van der Waals surface area (Å²) in [6, 6.07) is 18.8. The molecule has 2 heterocycles. The van der Waals surface area contributed by atoms with Gasteiger partial charge in [0.15, 0.2) is 0 Å². The van der Waals surface area contributed by atoms with Gasteiger partial charge in [0.05, 0.1) is 6.20 Å². The Morgan fingerprint density at radius 3 is 2.17 bits per heavy atom. The second-order valence-corrected chi connectivity index (χ2v) is 6.13. The number of alkyl halides is 3. The molecule has 0 amide bonds. The smallest absolute Gasteiger partial charge is 0.433 e. The first-order valence-electron chi connectivity index (χ1n) is 8.65. The molecule has 1 aliphatic rings. The van der Waals surface area contributed by atoms with Crippen LogP contribution in [0.1, 0.15) is 17.4 Å².